The maximum absolute atomic E-state index is 12.2. The lowest BCUT2D eigenvalue weighted by Crippen LogP contribution is -3.27. The van der Waals surface area contributed by atoms with Gasteiger partial charge in [-0.3, -0.25) is 0 Å². The van der Waals surface area contributed by atoms with Gasteiger partial charge in [-0.25, -0.2) is 9.36 Å². The molecule has 0 unspecified atom stereocenters. The Balaban J connectivity index is 1.42. The predicted molar refractivity (Wildman–Crippen MR) is 112 cm³/mol. The van der Waals surface area contributed by atoms with E-state index in [2.05, 4.69) is 0 Å². The molecule has 4 rings (SSSR count). The van der Waals surface area contributed by atoms with E-state index in [-0.39, 0.29) is 5.76 Å². The van der Waals surface area contributed by atoms with Crippen LogP contribution in [0.5, 0.6) is 17.2 Å². The van der Waals surface area contributed by atoms with Crippen LogP contribution in [0.3, 0.4) is 0 Å². The second kappa shape index (κ2) is 8.81. The van der Waals surface area contributed by atoms with E-state index in [1.54, 1.807) is 25.9 Å². The summed E-state index contributed by atoms with van der Waals surface area (Å²) in [6.07, 6.45) is 0. The normalized spacial score (nSPS) is 19.0. The number of benzene rings is 2. The van der Waals surface area contributed by atoms with Crippen molar-refractivity contribution in [3.8, 4) is 17.2 Å². The van der Waals surface area contributed by atoms with Gasteiger partial charge in [-0.1, -0.05) is 12.1 Å². The molecule has 1 aromatic heterocycles. The summed E-state index contributed by atoms with van der Waals surface area (Å²) >= 11 is 0. The minimum absolute atomic E-state index is 0.284. The lowest BCUT2D eigenvalue weighted by Gasteiger charge is -2.30. The van der Waals surface area contributed by atoms with Crippen molar-refractivity contribution in [1.82, 2.24) is 4.57 Å². The van der Waals surface area contributed by atoms with Crippen molar-refractivity contribution in [3.63, 3.8) is 0 Å². The molecule has 0 bridgehead atoms. The molecule has 160 valence electrons. The van der Waals surface area contributed by atoms with Gasteiger partial charge in [-0.2, -0.15) is 0 Å². The number of ether oxygens (including phenoxy) is 3. The molecule has 2 heterocycles. The Bertz CT molecular complexity index is 1070. The van der Waals surface area contributed by atoms with Gasteiger partial charge in [-0.15, -0.1) is 0 Å². The van der Waals surface area contributed by atoms with Crippen LogP contribution in [0, 0.1) is 0 Å². The fourth-order valence-electron chi connectivity index (χ4n) is 4.25. The van der Waals surface area contributed by atoms with E-state index >= 15 is 0 Å². The Labute approximate surface area is 175 Å². The van der Waals surface area contributed by atoms with Crippen molar-refractivity contribution >= 4 is 11.1 Å². The molecular weight excluding hydrogens is 386 g/mol. The standard InChI is InChI=1S/C22H27N3O5/c1-27-19-9-8-16(20(28-2)21(19)29-3)14-23-10-12-24(13-11-23)15-25-17-6-4-5-7-18(17)30-22(25)26/h4-9H,10-15H2,1-3H3/p+2. The van der Waals surface area contributed by atoms with Crippen molar-refractivity contribution in [2.75, 3.05) is 47.5 Å². The minimum atomic E-state index is -0.284. The van der Waals surface area contributed by atoms with Crippen LogP contribution in [0.4, 0.5) is 0 Å². The van der Waals surface area contributed by atoms with Gasteiger partial charge in [0.15, 0.2) is 23.8 Å². The van der Waals surface area contributed by atoms with E-state index in [1.165, 1.54) is 9.80 Å². The molecule has 1 aliphatic heterocycles. The summed E-state index contributed by atoms with van der Waals surface area (Å²) in [7, 11) is 4.91. The van der Waals surface area contributed by atoms with E-state index in [0.717, 1.165) is 49.6 Å². The fraction of sp³-hybridized carbons (Fsp3) is 0.409. The first kappa shape index (κ1) is 20.3. The molecule has 0 atom stereocenters. The third-order valence-electron chi connectivity index (χ3n) is 5.85. The van der Waals surface area contributed by atoms with Crippen LogP contribution in [0.2, 0.25) is 0 Å². The van der Waals surface area contributed by atoms with Crippen LogP contribution in [0.25, 0.3) is 11.1 Å². The minimum Gasteiger partial charge on any atom is -0.493 e. The highest BCUT2D eigenvalue weighted by atomic mass is 16.5. The topological polar surface area (TPSA) is 71.7 Å². The van der Waals surface area contributed by atoms with E-state index in [0.29, 0.717) is 23.8 Å². The number of quaternary nitrogens is 2. The molecule has 0 aliphatic carbocycles. The number of rotatable bonds is 7. The molecule has 0 amide bonds. The van der Waals surface area contributed by atoms with Crippen LogP contribution in [-0.4, -0.2) is 52.1 Å². The first-order chi connectivity index (χ1) is 14.6. The summed E-state index contributed by atoms with van der Waals surface area (Å²) < 4.78 is 23.6. The number of nitrogens with zero attached hydrogens (tertiary/aromatic N) is 1. The molecule has 8 heteroatoms. The summed E-state index contributed by atoms with van der Waals surface area (Å²) in [5, 5.41) is 0. The van der Waals surface area contributed by atoms with Crippen LogP contribution in [0.1, 0.15) is 5.56 Å². The lowest BCUT2D eigenvalue weighted by atomic mass is 10.1. The van der Waals surface area contributed by atoms with Crippen molar-refractivity contribution in [2.24, 2.45) is 0 Å². The number of para-hydroxylation sites is 2. The summed E-state index contributed by atoms with van der Waals surface area (Å²) in [6, 6.07) is 11.6. The molecule has 2 aromatic carbocycles. The Kier molecular flexibility index (Phi) is 5.96. The predicted octanol–water partition coefficient (Wildman–Crippen LogP) is -0.439. The van der Waals surface area contributed by atoms with Crippen molar-refractivity contribution in [2.45, 2.75) is 13.2 Å². The smallest absolute Gasteiger partial charge is 0.424 e. The average molecular weight is 415 g/mol. The lowest BCUT2D eigenvalue weighted by molar-refractivity contribution is -1.03. The number of hydrogen-bond acceptors (Lipinski definition) is 5. The summed E-state index contributed by atoms with van der Waals surface area (Å²) in [5.74, 6) is 1.75. The quantitative estimate of drug-likeness (QED) is 0.548. The SMILES string of the molecule is COc1ccc(C[NH+]2CC[NH+](Cn3c(=O)oc4ccccc43)CC2)c(OC)c1OC. The Morgan fingerprint density at radius 1 is 0.900 bits per heavy atom. The number of oxazole rings is 1. The van der Waals surface area contributed by atoms with Gasteiger partial charge in [0, 0.05) is 0 Å². The molecular formula is C22H29N3O5+2. The summed E-state index contributed by atoms with van der Waals surface area (Å²) in [6.45, 7) is 5.47. The van der Waals surface area contributed by atoms with Crippen molar-refractivity contribution < 1.29 is 28.4 Å². The zero-order valence-electron chi connectivity index (χ0n) is 17.7. The zero-order valence-corrected chi connectivity index (χ0v) is 17.7. The summed E-state index contributed by atoms with van der Waals surface area (Å²) in [4.78, 5) is 15.1. The second-order valence-electron chi connectivity index (χ2n) is 7.59. The molecule has 1 saturated heterocycles. The van der Waals surface area contributed by atoms with Gasteiger partial charge in [0.1, 0.15) is 32.7 Å². The van der Waals surface area contributed by atoms with Crippen LogP contribution < -0.4 is 29.8 Å². The van der Waals surface area contributed by atoms with Crippen LogP contribution >= 0.6 is 0 Å². The molecule has 2 N–H and O–H groups in total. The maximum atomic E-state index is 12.2. The molecule has 0 saturated carbocycles. The number of aromatic nitrogens is 1. The molecule has 3 aromatic rings. The van der Waals surface area contributed by atoms with Gasteiger partial charge in [0.25, 0.3) is 0 Å². The first-order valence-corrected chi connectivity index (χ1v) is 10.2. The third-order valence-corrected chi connectivity index (χ3v) is 5.85. The number of nitrogens with one attached hydrogen (secondary N) is 2. The first-order valence-electron chi connectivity index (χ1n) is 10.2. The van der Waals surface area contributed by atoms with Gasteiger partial charge < -0.3 is 28.4 Å². The number of hydrogen-bond donors (Lipinski definition) is 2. The Morgan fingerprint density at radius 3 is 2.30 bits per heavy atom. The highest BCUT2D eigenvalue weighted by Crippen LogP contribution is 2.39. The Morgan fingerprint density at radius 2 is 1.60 bits per heavy atom. The van der Waals surface area contributed by atoms with E-state index in [1.807, 2.05) is 36.4 Å². The zero-order chi connectivity index (χ0) is 21.1. The van der Waals surface area contributed by atoms with Crippen LogP contribution in [0.15, 0.2) is 45.6 Å². The Hall–Kier alpha value is -2.97. The summed E-state index contributed by atoms with van der Waals surface area (Å²) in [5.41, 5.74) is 2.61. The fourth-order valence-corrected chi connectivity index (χ4v) is 4.25. The maximum Gasteiger partial charge on any atom is 0.424 e. The number of piperazine rings is 1. The molecule has 1 fully saturated rings. The molecule has 8 nitrogen and oxygen atoms in total. The van der Waals surface area contributed by atoms with Gasteiger partial charge >= 0.3 is 5.76 Å². The van der Waals surface area contributed by atoms with Crippen molar-refractivity contribution in [1.29, 1.82) is 0 Å². The van der Waals surface area contributed by atoms with Gasteiger partial charge in [-0.05, 0) is 24.3 Å². The van der Waals surface area contributed by atoms with Gasteiger partial charge in [0.2, 0.25) is 5.75 Å². The van der Waals surface area contributed by atoms with Crippen molar-refractivity contribution in [3.05, 3.63) is 52.5 Å². The highest BCUT2D eigenvalue weighted by Gasteiger charge is 2.26. The third kappa shape index (κ3) is 3.88. The largest absolute Gasteiger partial charge is 0.493 e. The second-order valence-corrected chi connectivity index (χ2v) is 7.59. The van der Waals surface area contributed by atoms with E-state index < -0.39 is 0 Å². The van der Waals surface area contributed by atoms with E-state index in [9.17, 15) is 4.79 Å². The number of methoxy groups -OCH3 is 3. The average Bonchev–Trinajstić information content (AvgIpc) is 3.09. The highest BCUT2D eigenvalue weighted by molar-refractivity contribution is 5.72. The van der Waals surface area contributed by atoms with E-state index in [4.69, 9.17) is 18.6 Å². The van der Waals surface area contributed by atoms with Gasteiger partial charge in [0.05, 0.1) is 32.4 Å². The van der Waals surface area contributed by atoms with Crippen LogP contribution in [-0.2, 0) is 13.2 Å². The number of fused-ring (bicyclic) bond motifs is 1. The monoisotopic (exact) mass is 415 g/mol. The molecule has 30 heavy (non-hydrogen) atoms. The molecule has 0 radical (unpaired) electrons. The molecule has 1 aliphatic rings. The molecule has 0 spiro atoms.